The SMILES string of the molecule is CC(C)(C)OC(=O)N1CCC[C@H]1c1nc2ccc(-c3ccc(-c4cnc([C@@H]5CCCN5)[nH]4)cc3)cc2[nH]1. The van der Waals surface area contributed by atoms with Crippen molar-refractivity contribution in [3.8, 4) is 22.4 Å². The number of hydrogen-bond donors (Lipinski definition) is 3. The minimum Gasteiger partial charge on any atom is -0.444 e. The number of hydrogen-bond acceptors (Lipinski definition) is 5. The van der Waals surface area contributed by atoms with Crippen molar-refractivity contribution in [3.63, 3.8) is 0 Å². The number of ether oxygens (including phenoxy) is 1. The number of nitrogens with one attached hydrogen (secondary N) is 3. The van der Waals surface area contributed by atoms with Gasteiger partial charge >= 0.3 is 6.09 Å². The molecule has 6 rings (SSSR count). The van der Waals surface area contributed by atoms with Gasteiger partial charge in [0, 0.05) is 6.54 Å². The first-order valence-electron chi connectivity index (χ1n) is 13.2. The predicted octanol–water partition coefficient (Wildman–Crippen LogP) is 6.12. The molecule has 2 atom stereocenters. The van der Waals surface area contributed by atoms with Crippen molar-refractivity contribution in [3.05, 3.63) is 60.3 Å². The van der Waals surface area contributed by atoms with Crippen molar-refractivity contribution in [2.24, 2.45) is 0 Å². The molecule has 0 spiro atoms. The van der Waals surface area contributed by atoms with Crippen LogP contribution in [-0.4, -0.2) is 49.6 Å². The minimum atomic E-state index is -0.518. The van der Waals surface area contributed by atoms with E-state index in [1.165, 1.54) is 6.42 Å². The summed E-state index contributed by atoms with van der Waals surface area (Å²) < 4.78 is 5.63. The fourth-order valence-corrected chi connectivity index (χ4v) is 5.38. The molecule has 0 saturated carbocycles. The van der Waals surface area contributed by atoms with Crippen LogP contribution in [0.2, 0.25) is 0 Å². The zero-order chi connectivity index (χ0) is 25.6. The van der Waals surface area contributed by atoms with E-state index in [0.29, 0.717) is 12.6 Å². The van der Waals surface area contributed by atoms with E-state index in [4.69, 9.17) is 9.72 Å². The summed E-state index contributed by atoms with van der Waals surface area (Å²) in [7, 11) is 0. The average molecular weight is 499 g/mol. The molecule has 8 heteroatoms. The van der Waals surface area contributed by atoms with Crippen LogP contribution in [0.3, 0.4) is 0 Å². The molecule has 0 aliphatic carbocycles. The maximum Gasteiger partial charge on any atom is 0.410 e. The second-order valence-corrected chi connectivity index (χ2v) is 11.1. The molecule has 1 amide bonds. The molecule has 0 unspecified atom stereocenters. The molecular formula is C29H34N6O2. The summed E-state index contributed by atoms with van der Waals surface area (Å²) in [5.74, 6) is 1.84. The van der Waals surface area contributed by atoms with E-state index >= 15 is 0 Å². The Bertz CT molecular complexity index is 1410. The second-order valence-electron chi connectivity index (χ2n) is 11.1. The highest BCUT2D eigenvalue weighted by atomic mass is 16.6. The number of likely N-dealkylation sites (tertiary alicyclic amines) is 1. The zero-order valence-corrected chi connectivity index (χ0v) is 21.7. The minimum absolute atomic E-state index is 0.0938. The molecule has 192 valence electrons. The molecule has 3 N–H and O–H groups in total. The molecule has 37 heavy (non-hydrogen) atoms. The number of carbonyl (C=O) groups is 1. The summed E-state index contributed by atoms with van der Waals surface area (Å²) in [6, 6.07) is 15.1. The van der Waals surface area contributed by atoms with E-state index in [0.717, 1.165) is 70.9 Å². The highest BCUT2D eigenvalue weighted by molar-refractivity contribution is 5.82. The van der Waals surface area contributed by atoms with Crippen LogP contribution in [0, 0.1) is 0 Å². The summed E-state index contributed by atoms with van der Waals surface area (Å²) in [6.07, 6.45) is 5.78. The largest absolute Gasteiger partial charge is 0.444 e. The monoisotopic (exact) mass is 498 g/mol. The number of benzene rings is 2. The summed E-state index contributed by atoms with van der Waals surface area (Å²) in [6.45, 7) is 7.42. The van der Waals surface area contributed by atoms with Gasteiger partial charge in [-0.05, 0) is 81.8 Å². The van der Waals surface area contributed by atoms with Crippen LogP contribution in [0.25, 0.3) is 33.4 Å². The molecule has 4 aromatic rings. The molecular weight excluding hydrogens is 464 g/mol. The number of fused-ring (bicyclic) bond motifs is 1. The van der Waals surface area contributed by atoms with Crippen molar-refractivity contribution in [2.45, 2.75) is 64.1 Å². The lowest BCUT2D eigenvalue weighted by atomic mass is 10.0. The predicted molar refractivity (Wildman–Crippen MR) is 144 cm³/mol. The Kier molecular flexibility index (Phi) is 5.99. The average Bonchev–Trinajstić information content (AvgIpc) is 3.67. The quantitative estimate of drug-likeness (QED) is 0.315. The van der Waals surface area contributed by atoms with E-state index in [-0.39, 0.29) is 12.1 Å². The number of imidazole rings is 2. The molecule has 4 heterocycles. The molecule has 2 fully saturated rings. The van der Waals surface area contributed by atoms with E-state index in [9.17, 15) is 4.79 Å². The topological polar surface area (TPSA) is 98.9 Å². The first-order valence-corrected chi connectivity index (χ1v) is 13.2. The van der Waals surface area contributed by atoms with Crippen LogP contribution in [-0.2, 0) is 4.74 Å². The molecule has 2 aromatic heterocycles. The molecule has 0 radical (unpaired) electrons. The van der Waals surface area contributed by atoms with Gasteiger partial charge < -0.3 is 20.0 Å². The van der Waals surface area contributed by atoms with Crippen molar-refractivity contribution in [1.29, 1.82) is 0 Å². The fraction of sp³-hybridized carbons (Fsp3) is 0.414. The molecule has 8 nitrogen and oxygen atoms in total. The maximum atomic E-state index is 12.7. The molecule has 2 aromatic carbocycles. The van der Waals surface area contributed by atoms with Crippen molar-refractivity contribution in [2.75, 3.05) is 13.1 Å². The van der Waals surface area contributed by atoms with Gasteiger partial charge in [-0.25, -0.2) is 14.8 Å². The highest BCUT2D eigenvalue weighted by Crippen LogP contribution is 2.34. The van der Waals surface area contributed by atoms with Gasteiger partial charge in [0.15, 0.2) is 0 Å². The maximum absolute atomic E-state index is 12.7. The van der Waals surface area contributed by atoms with Crippen molar-refractivity contribution in [1.82, 2.24) is 30.2 Å². The van der Waals surface area contributed by atoms with Crippen molar-refractivity contribution >= 4 is 17.1 Å². The highest BCUT2D eigenvalue weighted by Gasteiger charge is 2.35. The van der Waals surface area contributed by atoms with E-state index in [1.807, 2.05) is 33.0 Å². The Morgan fingerprint density at radius 2 is 1.76 bits per heavy atom. The van der Waals surface area contributed by atoms with Gasteiger partial charge in [-0.1, -0.05) is 30.3 Å². The molecule has 2 aliphatic rings. The summed E-state index contributed by atoms with van der Waals surface area (Å²) in [5, 5.41) is 3.49. The first kappa shape index (κ1) is 23.7. The number of rotatable bonds is 4. The zero-order valence-electron chi connectivity index (χ0n) is 21.7. The van der Waals surface area contributed by atoms with Crippen LogP contribution in [0.5, 0.6) is 0 Å². The lowest BCUT2D eigenvalue weighted by molar-refractivity contribution is 0.0219. The summed E-state index contributed by atoms with van der Waals surface area (Å²) in [5.41, 5.74) is 5.76. The van der Waals surface area contributed by atoms with Crippen LogP contribution in [0.1, 0.15) is 70.2 Å². The van der Waals surface area contributed by atoms with E-state index in [2.05, 4.69) is 56.7 Å². The summed E-state index contributed by atoms with van der Waals surface area (Å²) in [4.78, 5) is 30.9. The normalized spacial score (nSPS) is 20.1. The third kappa shape index (κ3) is 4.85. The van der Waals surface area contributed by atoms with Crippen LogP contribution in [0.15, 0.2) is 48.7 Å². The van der Waals surface area contributed by atoms with E-state index < -0.39 is 5.60 Å². The smallest absolute Gasteiger partial charge is 0.410 e. The van der Waals surface area contributed by atoms with Crippen LogP contribution >= 0.6 is 0 Å². The Labute approximate surface area is 216 Å². The van der Waals surface area contributed by atoms with Crippen LogP contribution < -0.4 is 5.32 Å². The summed E-state index contributed by atoms with van der Waals surface area (Å²) >= 11 is 0. The van der Waals surface area contributed by atoms with E-state index in [1.54, 1.807) is 4.90 Å². The number of aromatic nitrogens is 4. The van der Waals surface area contributed by atoms with Gasteiger partial charge in [0.05, 0.1) is 35.0 Å². The Hall–Kier alpha value is -3.65. The Morgan fingerprint density at radius 3 is 2.51 bits per heavy atom. The Balaban J connectivity index is 1.21. The molecule has 2 saturated heterocycles. The van der Waals surface area contributed by atoms with Crippen molar-refractivity contribution < 1.29 is 9.53 Å². The standard InChI is InChI=1S/C29H34N6O2/c1-29(2,3)37-28(36)35-15-5-7-25(35)27-32-21-13-12-20(16-23(21)33-27)18-8-10-19(11-9-18)24-17-31-26(34-24)22-6-4-14-30-22/h8-13,16-17,22,25,30H,4-7,14-15H2,1-3H3,(H,31,34)(H,32,33)/t22-,25-/m0/s1. The first-order chi connectivity index (χ1) is 17.8. The molecule has 0 bridgehead atoms. The third-order valence-corrected chi connectivity index (χ3v) is 7.21. The van der Waals surface area contributed by atoms with Gasteiger partial charge in [-0.15, -0.1) is 0 Å². The number of amides is 1. The molecule has 2 aliphatic heterocycles. The van der Waals surface area contributed by atoms with Crippen LogP contribution in [0.4, 0.5) is 4.79 Å². The number of carbonyl (C=O) groups excluding carboxylic acids is 1. The van der Waals surface area contributed by atoms with Gasteiger partial charge in [0.25, 0.3) is 0 Å². The van der Waals surface area contributed by atoms with Gasteiger partial charge in [-0.2, -0.15) is 0 Å². The van der Waals surface area contributed by atoms with Gasteiger partial charge in [-0.3, -0.25) is 4.90 Å². The van der Waals surface area contributed by atoms with Gasteiger partial charge in [0.1, 0.15) is 17.2 Å². The third-order valence-electron chi connectivity index (χ3n) is 7.21. The number of H-pyrrole nitrogens is 2. The second kappa shape index (κ2) is 9.34. The lowest BCUT2D eigenvalue weighted by Gasteiger charge is -2.27. The van der Waals surface area contributed by atoms with Gasteiger partial charge in [0.2, 0.25) is 0 Å². The number of aromatic amines is 2. The number of nitrogens with zero attached hydrogens (tertiary/aromatic N) is 3. The fourth-order valence-electron chi connectivity index (χ4n) is 5.38. The lowest BCUT2D eigenvalue weighted by Crippen LogP contribution is -2.36. The Morgan fingerprint density at radius 1 is 0.973 bits per heavy atom.